The lowest BCUT2D eigenvalue weighted by Crippen LogP contribution is -2.18. The minimum absolute atomic E-state index is 0.00767. The molecule has 0 unspecified atom stereocenters. The molecule has 2 aromatic carbocycles. The van der Waals surface area contributed by atoms with Gasteiger partial charge >= 0.3 is 0 Å². The molecule has 226 valence electrons. The largest absolute Gasteiger partial charge is 0.396 e. The number of pyridine rings is 2. The highest BCUT2D eigenvalue weighted by molar-refractivity contribution is 6.03. The van der Waals surface area contributed by atoms with Gasteiger partial charge in [-0.2, -0.15) is 5.26 Å². The fourth-order valence-corrected chi connectivity index (χ4v) is 4.88. The molecule has 2 heterocycles. The Hall–Kier alpha value is -4.75. The third-order valence-electron chi connectivity index (χ3n) is 7.38. The van der Waals surface area contributed by atoms with E-state index in [0.29, 0.717) is 41.2 Å². The van der Waals surface area contributed by atoms with Gasteiger partial charge in [-0.05, 0) is 103 Å². The third kappa shape index (κ3) is 7.99. The number of aromatic nitrogens is 2. The van der Waals surface area contributed by atoms with Gasteiger partial charge in [0, 0.05) is 48.9 Å². The molecule has 0 radical (unpaired) electrons. The molecule has 1 amide bonds. The number of rotatable bonds is 13. The Morgan fingerprint density at radius 3 is 2.59 bits per heavy atom. The topological polar surface area (TPSA) is 131 Å². The van der Waals surface area contributed by atoms with Crippen molar-refractivity contribution in [2.24, 2.45) is 0 Å². The number of halogens is 1. The lowest BCUT2D eigenvalue weighted by atomic mass is 9.94. The molecule has 0 saturated carbocycles. The summed E-state index contributed by atoms with van der Waals surface area (Å²) in [5, 5.41) is 34.1. The first kappa shape index (κ1) is 32.2. The number of nitriles is 1. The van der Waals surface area contributed by atoms with Crippen LogP contribution in [0.3, 0.4) is 0 Å². The maximum atomic E-state index is 14.9. The number of unbranched alkanes of at least 4 members (excludes halogenated alkanes) is 1. The van der Waals surface area contributed by atoms with Gasteiger partial charge in [-0.3, -0.25) is 14.8 Å². The minimum atomic E-state index is -0.396. The molecule has 0 saturated heterocycles. The fourth-order valence-electron chi connectivity index (χ4n) is 4.88. The summed E-state index contributed by atoms with van der Waals surface area (Å²) < 4.78 is 14.9. The second kappa shape index (κ2) is 15.6. The number of benzene rings is 2. The van der Waals surface area contributed by atoms with E-state index >= 15 is 0 Å². The molecule has 0 bridgehead atoms. The molecule has 0 aliphatic rings. The van der Waals surface area contributed by atoms with E-state index in [-0.39, 0.29) is 24.8 Å². The monoisotopic (exact) mass is 593 g/mol. The Morgan fingerprint density at radius 2 is 1.86 bits per heavy atom. The van der Waals surface area contributed by atoms with Crippen molar-refractivity contribution in [3.63, 3.8) is 0 Å². The number of hydrogen-bond acceptors (Lipinski definition) is 7. The van der Waals surface area contributed by atoms with Crippen LogP contribution in [0, 0.1) is 31.0 Å². The number of nitrogens with zero attached hydrogens (tertiary/aromatic N) is 3. The normalized spacial score (nSPS) is 11.1. The number of nitrogens with one attached hydrogen (secondary N) is 2. The summed E-state index contributed by atoms with van der Waals surface area (Å²) >= 11 is 0. The van der Waals surface area contributed by atoms with Crippen molar-refractivity contribution < 1.29 is 19.4 Å². The summed E-state index contributed by atoms with van der Waals surface area (Å²) in [5.41, 5.74) is 6.84. The third-order valence-corrected chi connectivity index (χ3v) is 7.38. The van der Waals surface area contributed by atoms with Gasteiger partial charge in [0.25, 0.3) is 5.91 Å². The van der Waals surface area contributed by atoms with E-state index in [1.807, 2.05) is 32.0 Å². The first-order valence-electron chi connectivity index (χ1n) is 14.5. The predicted octanol–water partition coefficient (Wildman–Crippen LogP) is 5.59. The van der Waals surface area contributed by atoms with Crippen molar-refractivity contribution in [3.05, 3.63) is 112 Å². The molecule has 0 spiro atoms. The molecule has 2 aromatic heterocycles. The molecule has 44 heavy (non-hydrogen) atoms. The molecule has 4 rings (SSSR count). The number of aryl methyl sites for hydroxylation is 2. The number of anilines is 1. The molecular formula is C35H36FN5O3. The van der Waals surface area contributed by atoms with Crippen molar-refractivity contribution >= 4 is 23.7 Å². The number of hydrogen-bond donors (Lipinski definition) is 4. The quantitative estimate of drug-likeness (QED) is 0.149. The van der Waals surface area contributed by atoms with Gasteiger partial charge in [0.1, 0.15) is 17.6 Å². The van der Waals surface area contributed by atoms with Crippen LogP contribution in [0.5, 0.6) is 0 Å². The Kier molecular flexibility index (Phi) is 11.4. The van der Waals surface area contributed by atoms with Gasteiger partial charge in [-0.1, -0.05) is 18.2 Å². The highest BCUT2D eigenvalue weighted by Crippen LogP contribution is 2.32. The Labute approximate surface area is 257 Å². The van der Waals surface area contributed by atoms with E-state index in [4.69, 9.17) is 10.2 Å². The van der Waals surface area contributed by atoms with Gasteiger partial charge in [-0.25, -0.2) is 4.39 Å². The summed E-state index contributed by atoms with van der Waals surface area (Å²) in [6.45, 7) is 4.80. The molecule has 9 heteroatoms. The fraction of sp³-hybridized carbons (Fsp3) is 0.257. The first-order valence-corrected chi connectivity index (χ1v) is 14.5. The summed E-state index contributed by atoms with van der Waals surface area (Å²) in [4.78, 5) is 21.7. The molecule has 0 fully saturated rings. The van der Waals surface area contributed by atoms with E-state index in [0.717, 1.165) is 47.1 Å². The second-order valence-corrected chi connectivity index (χ2v) is 10.4. The molecule has 0 aliphatic carbocycles. The van der Waals surface area contributed by atoms with Crippen LogP contribution in [0.25, 0.3) is 23.3 Å². The maximum Gasteiger partial charge on any atom is 0.274 e. The van der Waals surface area contributed by atoms with Crippen LogP contribution in [-0.4, -0.2) is 45.8 Å². The summed E-state index contributed by atoms with van der Waals surface area (Å²) in [6, 6.07) is 16.2. The molecule has 8 nitrogen and oxygen atoms in total. The van der Waals surface area contributed by atoms with Crippen LogP contribution >= 0.6 is 0 Å². The van der Waals surface area contributed by atoms with Crippen molar-refractivity contribution in [2.75, 3.05) is 25.1 Å². The Balaban J connectivity index is 1.56. The van der Waals surface area contributed by atoms with Gasteiger partial charge in [-0.15, -0.1) is 0 Å². The van der Waals surface area contributed by atoms with Crippen LogP contribution in [0.15, 0.2) is 60.9 Å². The average Bonchev–Trinajstić information content (AvgIpc) is 3.03. The van der Waals surface area contributed by atoms with Gasteiger partial charge in [0.2, 0.25) is 0 Å². The number of aliphatic hydroxyl groups is 2. The summed E-state index contributed by atoms with van der Waals surface area (Å²) in [6.07, 6.45) is 8.87. The van der Waals surface area contributed by atoms with Crippen molar-refractivity contribution in [2.45, 2.75) is 39.7 Å². The number of aliphatic hydroxyl groups excluding tert-OH is 2. The number of amides is 1. The second-order valence-electron chi connectivity index (χ2n) is 10.4. The van der Waals surface area contributed by atoms with Crippen LogP contribution in [-0.2, 0) is 13.0 Å². The lowest BCUT2D eigenvalue weighted by Gasteiger charge is -2.14. The van der Waals surface area contributed by atoms with Gasteiger partial charge in [0.15, 0.2) is 0 Å². The molecule has 0 aliphatic heterocycles. The van der Waals surface area contributed by atoms with Gasteiger partial charge < -0.3 is 20.8 Å². The smallest absolute Gasteiger partial charge is 0.274 e. The van der Waals surface area contributed by atoms with Crippen LogP contribution in [0.2, 0.25) is 0 Å². The van der Waals surface area contributed by atoms with Crippen molar-refractivity contribution in [3.8, 4) is 17.2 Å². The Morgan fingerprint density at radius 1 is 1.02 bits per heavy atom. The van der Waals surface area contributed by atoms with Crippen LogP contribution < -0.4 is 10.6 Å². The Bertz CT molecular complexity index is 1680. The van der Waals surface area contributed by atoms with Crippen molar-refractivity contribution in [1.82, 2.24) is 15.3 Å². The van der Waals surface area contributed by atoms with E-state index in [9.17, 15) is 14.4 Å². The van der Waals surface area contributed by atoms with Gasteiger partial charge in [0.05, 0.1) is 17.9 Å². The molecule has 0 atom stereocenters. The predicted molar refractivity (Wildman–Crippen MR) is 170 cm³/mol. The maximum absolute atomic E-state index is 14.9. The van der Waals surface area contributed by atoms with E-state index in [2.05, 4.69) is 26.7 Å². The number of carbonyl (C=O) groups excluding carboxylic acids is 1. The summed E-state index contributed by atoms with van der Waals surface area (Å²) in [5.74, 6) is -0.744. The highest BCUT2D eigenvalue weighted by Gasteiger charge is 2.16. The van der Waals surface area contributed by atoms with E-state index < -0.39 is 5.82 Å². The van der Waals surface area contributed by atoms with Crippen molar-refractivity contribution in [1.29, 1.82) is 5.26 Å². The average molecular weight is 594 g/mol. The molecule has 4 N–H and O–H groups in total. The van der Waals surface area contributed by atoms with Crippen LogP contribution in [0.1, 0.15) is 62.4 Å². The zero-order valence-electron chi connectivity index (χ0n) is 24.9. The van der Waals surface area contributed by atoms with E-state index in [1.165, 1.54) is 6.07 Å². The molecular weight excluding hydrogens is 557 g/mol. The summed E-state index contributed by atoms with van der Waals surface area (Å²) in [7, 11) is 0. The standard InChI is InChI=1S/C35H36FN5O3/c1-23-18-26(31(36)19-27(23)22-38-15-17-43)10-12-33-30(20-37)29(13-14-39-33)28-7-5-8-32(24(28)2)41-35(44)34-11-9-25(21-40-34)6-3-4-16-42/h5,7-14,18-19,21,38,42-43H,3-4,6,15-17,22H2,1-2H3,(H,41,44)/b12-10+. The number of carbonyl (C=O) groups is 1. The zero-order chi connectivity index (χ0) is 31.5. The van der Waals surface area contributed by atoms with Crippen LogP contribution in [0.4, 0.5) is 10.1 Å². The first-order chi connectivity index (χ1) is 21.4. The lowest BCUT2D eigenvalue weighted by molar-refractivity contribution is 0.102. The van der Waals surface area contributed by atoms with E-state index in [1.54, 1.807) is 48.8 Å². The molecule has 4 aromatic rings. The highest BCUT2D eigenvalue weighted by atomic mass is 19.1. The SMILES string of the molecule is Cc1cc(/C=C/c2nccc(-c3cccc(NC(=O)c4ccc(CCCCO)cn4)c3C)c2C#N)c(F)cc1CNCCO. The minimum Gasteiger partial charge on any atom is -0.396 e. The zero-order valence-corrected chi connectivity index (χ0v) is 24.9.